The third kappa shape index (κ3) is 3.15. The maximum Gasteiger partial charge on any atom is 0.338 e. The molecule has 0 saturated heterocycles. The quantitative estimate of drug-likeness (QED) is 0.464. The Hall–Kier alpha value is -1.20. The molecule has 6 heteroatoms. The highest BCUT2D eigenvalue weighted by molar-refractivity contribution is 7.86. The Kier molecular flexibility index (Phi) is 4.20. The molecule has 0 radical (unpaired) electrons. The van der Waals surface area contributed by atoms with Gasteiger partial charge in [-0.2, -0.15) is 8.42 Å². The summed E-state index contributed by atoms with van der Waals surface area (Å²) in [4.78, 5) is 0.0274. The molecule has 0 aromatic heterocycles. The summed E-state index contributed by atoms with van der Waals surface area (Å²) >= 11 is 5.38. The highest BCUT2D eigenvalue weighted by Crippen LogP contribution is 2.19. The van der Waals surface area contributed by atoms with Crippen molar-refractivity contribution < 1.29 is 17.3 Å². The lowest BCUT2D eigenvalue weighted by Crippen LogP contribution is -2.06. The van der Waals surface area contributed by atoms with E-state index in [1.807, 2.05) is 0 Å². The predicted molar refractivity (Wildman–Crippen MR) is 61.1 cm³/mol. The van der Waals surface area contributed by atoms with Crippen LogP contribution in [0.15, 0.2) is 41.5 Å². The average molecular weight is 263 g/mol. The fourth-order valence-corrected chi connectivity index (χ4v) is 2.02. The molecule has 0 aliphatic rings. The van der Waals surface area contributed by atoms with Crippen molar-refractivity contribution in [1.82, 2.24) is 0 Å². The maximum absolute atomic E-state index is 11.6. The van der Waals surface area contributed by atoms with Crippen LogP contribution in [-0.4, -0.2) is 21.4 Å². The topological polar surface area (TPSA) is 52.6 Å². The Balaban J connectivity index is 2.94. The molecule has 0 unspecified atom stereocenters. The van der Waals surface area contributed by atoms with Crippen molar-refractivity contribution in [2.24, 2.45) is 0 Å². The molecule has 0 atom stereocenters. The summed E-state index contributed by atoms with van der Waals surface area (Å²) in [6.45, 7) is 3.36. The van der Waals surface area contributed by atoms with Crippen molar-refractivity contribution in [2.45, 2.75) is 4.90 Å². The fourth-order valence-electron chi connectivity index (χ4n) is 0.968. The number of halogens is 1. The third-order valence-electron chi connectivity index (χ3n) is 1.72. The molecule has 88 valence electrons. The molecule has 0 bridgehead atoms. The van der Waals surface area contributed by atoms with E-state index in [0.29, 0.717) is 5.75 Å². The van der Waals surface area contributed by atoms with E-state index in [-0.39, 0.29) is 16.5 Å². The van der Waals surface area contributed by atoms with E-state index in [4.69, 9.17) is 16.3 Å². The first-order chi connectivity index (χ1) is 7.49. The molecule has 0 aliphatic carbocycles. The Morgan fingerprint density at radius 2 is 1.94 bits per heavy atom. The normalized spacial score (nSPS) is 10.9. The molecule has 0 spiro atoms. The SMILES string of the molecule is C=C(CCl)OS(=O)(=O)c1ccc(OC)cc1. The van der Waals surface area contributed by atoms with Gasteiger partial charge in [0.1, 0.15) is 16.4 Å². The summed E-state index contributed by atoms with van der Waals surface area (Å²) in [6.07, 6.45) is 0. The second kappa shape index (κ2) is 5.23. The van der Waals surface area contributed by atoms with Gasteiger partial charge in [-0.25, -0.2) is 0 Å². The van der Waals surface area contributed by atoms with Crippen LogP contribution in [0, 0.1) is 0 Å². The van der Waals surface area contributed by atoms with E-state index in [9.17, 15) is 8.42 Å². The number of ether oxygens (including phenoxy) is 1. The van der Waals surface area contributed by atoms with Crippen LogP contribution in [0.5, 0.6) is 5.75 Å². The highest BCUT2D eigenvalue weighted by atomic mass is 35.5. The summed E-state index contributed by atoms with van der Waals surface area (Å²) in [6, 6.07) is 5.82. The zero-order chi connectivity index (χ0) is 12.2. The van der Waals surface area contributed by atoms with Gasteiger partial charge in [-0.1, -0.05) is 6.58 Å². The smallest absolute Gasteiger partial charge is 0.338 e. The van der Waals surface area contributed by atoms with E-state index in [2.05, 4.69) is 10.8 Å². The summed E-state index contributed by atoms with van der Waals surface area (Å²) in [5, 5.41) is 0. The maximum atomic E-state index is 11.6. The third-order valence-corrected chi connectivity index (χ3v) is 3.33. The van der Waals surface area contributed by atoms with Crippen molar-refractivity contribution >= 4 is 21.7 Å². The second-order valence-corrected chi connectivity index (χ2v) is 4.70. The average Bonchev–Trinajstić information content (AvgIpc) is 2.28. The van der Waals surface area contributed by atoms with Crippen LogP contribution in [0.3, 0.4) is 0 Å². The lowest BCUT2D eigenvalue weighted by atomic mass is 10.3. The van der Waals surface area contributed by atoms with Crippen LogP contribution in [-0.2, 0) is 14.3 Å². The van der Waals surface area contributed by atoms with Crippen LogP contribution in [0.2, 0.25) is 0 Å². The molecule has 1 aromatic rings. The van der Waals surface area contributed by atoms with Crippen LogP contribution in [0.25, 0.3) is 0 Å². The predicted octanol–water partition coefficient (Wildman–Crippen LogP) is 2.15. The van der Waals surface area contributed by atoms with Gasteiger partial charge in [0, 0.05) is 0 Å². The van der Waals surface area contributed by atoms with Gasteiger partial charge in [0.25, 0.3) is 0 Å². The van der Waals surface area contributed by atoms with Gasteiger partial charge in [-0.05, 0) is 24.3 Å². The van der Waals surface area contributed by atoms with E-state index in [0.717, 1.165) is 0 Å². The second-order valence-electron chi connectivity index (χ2n) is 2.89. The van der Waals surface area contributed by atoms with E-state index < -0.39 is 10.1 Å². The standard InChI is InChI=1S/C10H11ClO4S/c1-8(7-11)15-16(12,13)10-5-3-9(14-2)4-6-10/h3-6H,1,7H2,2H3. The van der Waals surface area contributed by atoms with Crippen molar-refractivity contribution in [3.8, 4) is 5.75 Å². The first-order valence-electron chi connectivity index (χ1n) is 4.32. The van der Waals surface area contributed by atoms with Crippen LogP contribution in [0.4, 0.5) is 0 Å². The number of alkyl halides is 1. The van der Waals surface area contributed by atoms with Gasteiger partial charge in [-0.3, -0.25) is 0 Å². The number of hydrogen-bond acceptors (Lipinski definition) is 4. The molecule has 4 nitrogen and oxygen atoms in total. The molecule has 0 fully saturated rings. The molecule has 0 saturated carbocycles. The molecular weight excluding hydrogens is 252 g/mol. The van der Waals surface area contributed by atoms with E-state index in [1.165, 1.54) is 31.4 Å². The van der Waals surface area contributed by atoms with Gasteiger partial charge in [0.2, 0.25) is 0 Å². The van der Waals surface area contributed by atoms with E-state index >= 15 is 0 Å². The Bertz CT molecular complexity index is 464. The van der Waals surface area contributed by atoms with Gasteiger partial charge in [0.05, 0.1) is 13.0 Å². The Labute approximate surface area is 99.6 Å². The molecule has 0 heterocycles. The van der Waals surface area contributed by atoms with E-state index in [1.54, 1.807) is 0 Å². The zero-order valence-corrected chi connectivity index (χ0v) is 10.2. The summed E-state index contributed by atoms with van der Waals surface area (Å²) in [5.41, 5.74) is 0. The zero-order valence-electron chi connectivity index (χ0n) is 8.64. The van der Waals surface area contributed by atoms with Gasteiger partial charge in [-0.15, -0.1) is 11.6 Å². The monoisotopic (exact) mass is 262 g/mol. The molecule has 0 amide bonds. The highest BCUT2D eigenvalue weighted by Gasteiger charge is 2.16. The number of benzene rings is 1. The number of methoxy groups -OCH3 is 1. The first kappa shape index (κ1) is 12.9. The minimum Gasteiger partial charge on any atom is -0.497 e. The Morgan fingerprint density at radius 3 is 2.38 bits per heavy atom. The van der Waals surface area contributed by atoms with Crippen molar-refractivity contribution in [3.05, 3.63) is 36.6 Å². The van der Waals surface area contributed by atoms with Crippen LogP contribution < -0.4 is 4.74 Å². The lowest BCUT2D eigenvalue weighted by Gasteiger charge is -2.07. The minimum atomic E-state index is -3.84. The van der Waals surface area contributed by atoms with Crippen molar-refractivity contribution in [3.63, 3.8) is 0 Å². The Morgan fingerprint density at radius 1 is 1.38 bits per heavy atom. The number of allylic oxidation sites excluding steroid dienone is 1. The fraction of sp³-hybridized carbons (Fsp3) is 0.200. The molecule has 16 heavy (non-hydrogen) atoms. The molecule has 0 aliphatic heterocycles. The number of rotatable bonds is 5. The summed E-state index contributed by atoms with van der Waals surface area (Å²) < 4.78 is 32.8. The summed E-state index contributed by atoms with van der Waals surface area (Å²) in [5.74, 6) is 0.475. The molecule has 1 aromatic carbocycles. The molecule has 0 N–H and O–H groups in total. The van der Waals surface area contributed by atoms with Gasteiger partial charge >= 0.3 is 10.1 Å². The minimum absolute atomic E-state index is 0.0162. The number of hydrogen-bond donors (Lipinski definition) is 0. The van der Waals surface area contributed by atoms with Crippen molar-refractivity contribution in [1.29, 1.82) is 0 Å². The molecule has 1 rings (SSSR count). The summed E-state index contributed by atoms with van der Waals surface area (Å²) in [7, 11) is -2.34. The first-order valence-corrected chi connectivity index (χ1v) is 6.26. The van der Waals surface area contributed by atoms with Crippen molar-refractivity contribution in [2.75, 3.05) is 13.0 Å². The van der Waals surface area contributed by atoms with Gasteiger partial charge in [0.15, 0.2) is 0 Å². The molecular formula is C10H11ClO4S. The van der Waals surface area contributed by atoms with Gasteiger partial charge < -0.3 is 8.92 Å². The van der Waals surface area contributed by atoms with Crippen LogP contribution >= 0.6 is 11.6 Å². The van der Waals surface area contributed by atoms with Crippen LogP contribution in [0.1, 0.15) is 0 Å². The lowest BCUT2D eigenvalue weighted by molar-refractivity contribution is 0.408. The largest absolute Gasteiger partial charge is 0.497 e.